The number of carbonyl (C=O) groups excluding carboxylic acids is 1. The van der Waals surface area contributed by atoms with Crippen molar-refractivity contribution in [1.82, 2.24) is 0 Å². The van der Waals surface area contributed by atoms with Crippen LogP contribution < -0.4 is 0 Å². The van der Waals surface area contributed by atoms with Crippen LogP contribution in [0.5, 0.6) is 0 Å². The van der Waals surface area contributed by atoms with Crippen LogP contribution in [0.15, 0.2) is 72.8 Å². The molecule has 0 unspecified atom stereocenters. The minimum absolute atomic E-state index is 0.0896. The summed E-state index contributed by atoms with van der Waals surface area (Å²) in [7, 11) is 1.66. The van der Waals surface area contributed by atoms with Gasteiger partial charge in [-0.15, -0.1) is 0 Å². The SMILES string of the molecule is COCC1(C(=O)c2ccc(C)cc2)c2ccccc2-c2ccccc21. The van der Waals surface area contributed by atoms with E-state index in [2.05, 4.69) is 24.3 Å². The normalized spacial score (nSPS) is 14.0. The summed E-state index contributed by atoms with van der Waals surface area (Å²) in [6, 6.07) is 24.1. The molecule has 4 rings (SSSR count). The van der Waals surface area contributed by atoms with Crippen molar-refractivity contribution >= 4 is 5.78 Å². The van der Waals surface area contributed by atoms with E-state index < -0.39 is 5.41 Å². The first-order valence-corrected chi connectivity index (χ1v) is 8.48. The van der Waals surface area contributed by atoms with Gasteiger partial charge in [-0.25, -0.2) is 0 Å². The number of hydrogen-bond acceptors (Lipinski definition) is 2. The third-order valence-corrected chi connectivity index (χ3v) is 5.13. The van der Waals surface area contributed by atoms with E-state index in [1.165, 1.54) is 0 Å². The number of methoxy groups -OCH3 is 1. The summed E-state index contributed by atoms with van der Waals surface area (Å²) in [6.07, 6.45) is 0. The Kier molecular flexibility index (Phi) is 3.78. The molecule has 0 amide bonds. The van der Waals surface area contributed by atoms with Crippen LogP contribution in [0, 0.1) is 6.92 Å². The highest BCUT2D eigenvalue weighted by Gasteiger charge is 2.49. The van der Waals surface area contributed by atoms with Crippen molar-refractivity contribution in [3.63, 3.8) is 0 Å². The third-order valence-electron chi connectivity index (χ3n) is 5.13. The topological polar surface area (TPSA) is 26.3 Å². The summed E-state index contributed by atoms with van der Waals surface area (Å²) in [5.41, 5.74) is 5.37. The summed E-state index contributed by atoms with van der Waals surface area (Å²) < 4.78 is 5.59. The molecule has 3 aromatic rings. The molecule has 0 spiro atoms. The molecule has 0 fully saturated rings. The van der Waals surface area contributed by atoms with Crippen molar-refractivity contribution in [2.45, 2.75) is 12.3 Å². The number of fused-ring (bicyclic) bond motifs is 3. The van der Waals surface area contributed by atoms with Crippen LogP contribution >= 0.6 is 0 Å². The molecule has 0 aliphatic heterocycles. The lowest BCUT2D eigenvalue weighted by molar-refractivity contribution is 0.0797. The maximum absolute atomic E-state index is 13.7. The molecule has 0 saturated heterocycles. The first-order valence-electron chi connectivity index (χ1n) is 8.48. The quantitative estimate of drug-likeness (QED) is 0.644. The van der Waals surface area contributed by atoms with Gasteiger partial charge < -0.3 is 4.74 Å². The number of carbonyl (C=O) groups is 1. The monoisotopic (exact) mass is 328 g/mol. The molecule has 0 aromatic heterocycles. The standard InChI is InChI=1S/C23H20O2/c1-16-11-13-17(14-12-16)22(24)23(15-25-2)20-9-5-3-7-18(20)19-8-4-6-10-21(19)23/h3-14H,15H2,1-2H3. The van der Waals surface area contributed by atoms with Crippen LogP contribution in [0.4, 0.5) is 0 Å². The Bertz CT molecular complexity index is 893. The molecule has 1 aliphatic carbocycles. The lowest BCUT2D eigenvalue weighted by atomic mass is 9.73. The number of ketones is 1. The molecule has 0 radical (unpaired) electrons. The number of Topliss-reactive ketones (excluding diaryl/α,β-unsaturated/α-hetero) is 1. The summed E-state index contributed by atoms with van der Waals surface area (Å²) in [5, 5.41) is 0. The van der Waals surface area contributed by atoms with Crippen LogP contribution in [0.2, 0.25) is 0 Å². The maximum atomic E-state index is 13.7. The van der Waals surface area contributed by atoms with Gasteiger partial charge in [-0.05, 0) is 29.2 Å². The molecule has 0 saturated carbocycles. The van der Waals surface area contributed by atoms with Gasteiger partial charge in [-0.3, -0.25) is 4.79 Å². The molecule has 3 aromatic carbocycles. The molecule has 0 heterocycles. The van der Waals surface area contributed by atoms with Crippen molar-refractivity contribution in [2.75, 3.05) is 13.7 Å². The van der Waals surface area contributed by atoms with Gasteiger partial charge in [0.2, 0.25) is 0 Å². The Morgan fingerprint density at radius 2 is 1.36 bits per heavy atom. The van der Waals surface area contributed by atoms with Crippen molar-refractivity contribution < 1.29 is 9.53 Å². The van der Waals surface area contributed by atoms with E-state index in [4.69, 9.17) is 4.74 Å². The zero-order valence-corrected chi connectivity index (χ0v) is 14.5. The average Bonchev–Trinajstić information content (AvgIpc) is 2.94. The second-order valence-corrected chi connectivity index (χ2v) is 6.62. The predicted molar refractivity (Wildman–Crippen MR) is 100 cm³/mol. The Labute approximate surface area is 148 Å². The first kappa shape index (κ1) is 15.8. The second kappa shape index (κ2) is 5.98. The zero-order valence-electron chi connectivity index (χ0n) is 14.5. The first-order chi connectivity index (χ1) is 12.2. The van der Waals surface area contributed by atoms with Crippen molar-refractivity contribution in [2.24, 2.45) is 0 Å². The minimum Gasteiger partial charge on any atom is -0.383 e. The van der Waals surface area contributed by atoms with E-state index in [1.807, 2.05) is 55.5 Å². The number of rotatable bonds is 4. The lowest BCUT2D eigenvalue weighted by Crippen LogP contribution is -2.40. The Hall–Kier alpha value is -2.71. The summed E-state index contributed by atoms with van der Waals surface area (Å²) in [4.78, 5) is 13.7. The maximum Gasteiger partial charge on any atom is 0.180 e. The van der Waals surface area contributed by atoms with Crippen LogP contribution in [0.3, 0.4) is 0 Å². The van der Waals surface area contributed by atoms with Gasteiger partial charge in [0.25, 0.3) is 0 Å². The smallest absolute Gasteiger partial charge is 0.180 e. The molecule has 0 N–H and O–H groups in total. The third kappa shape index (κ3) is 2.25. The number of aryl methyl sites for hydroxylation is 1. The van der Waals surface area contributed by atoms with Crippen molar-refractivity contribution in [1.29, 1.82) is 0 Å². The number of ether oxygens (including phenoxy) is 1. The number of hydrogen-bond donors (Lipinski definition) is 0. The molecular weight excluding hydrogens is 308 g/mol. The van der Waals surface area contributed by atoms with Gasteiger partial charge in [0.1, 0.15) is 5.41 Å². The molecule has 0 bridgehead atoms. The molecule has 1 aliphatic rings. The van der Waals surface area contributed by atoms with Crippen molar-refractivity contribution in [3.05, 3.63) is 95.1 Å². The van der Waals surface area contributed by atoms with Gasteiger partial charge in [0.05, 0.1) is 6.61 Å². The summed E-state index contributed by atoms with van der Waals surface area (Å²) >= 11 is 0. The summed E-state index contributed by atoms with van der Waals surface area (Å²) in [5.74, 6) is 0.0896. The van der Waals surface area contributed by atoms with Gasteiger partial charge >= 0.3 is 0 Å². The number of benzene rings is 3. The van der Waals surface area contributed by atoms with E-state index in [-0.39, 0.29) is 5.78 Å². The van der Waals surface area contributed by atoms with Crippen LogP contribution in [0.25, 0.3) is 11.1 Å². The Morgan fingerprint density at radius 3 is 1.88 bits per heavy atom. The molecule has 124 valence electrons. The highest BCUT2D eigenvalue weighted by Crippen LogP contribution is 2.50. The van der Waals surface area contributed by atoms with E-state index >= 15 is 0 Å². The zero-order chi connectivity index (χ0) is 17.4. The second-order valence-electron chi connectivity index (χ2n) is 6.62. The molecule has 0 atom stereocenters. The summed E-state index contributed by atoms with van der Waals surface area (Å²) in [6.45, 7) is 2.35. The lowest BCUT2D eigenvalue weighted by Gasteiger charge is -2.30. The van der Waals surface area contributed by atoms with Crippen LogP contribution in [-0.2, 0) is 10.2 Å². The van der Waals surface area contributed by atoms with E-state index in [0.717, 1.165) is 27.8 Å². The highest BCUT2D eigenvalue weighted by atomic mass is 16.5. The Balaban J connectivity index is 2.00. The van der Waals surface area contributed by atoms with Crippen LogP contribution in [0.1, 0.15) is 27.0 Å². The molecular formula is C23H20O2. The van der Waals surface area contributed by atoms with Crippen molar-refractivity contribution in [3.8, 4) is 11.1 Å². The van der Waals surface area contributed by atoms with Gasteiger partial charge in [-0.1, -0.05) is 78.4 Å². The van der Waals surface area contributed by atoms with Gasteiger partial charge in [0.15, 0.2) is 5.78 Å². The fraction of sp³-hybridized carbons (Fsp3) is 0.174. The fourth-order valence-corrected chi connectivity index (χ4v) is 3.96. The average molecular weight is 328 g/mol. The Morgan fingerprint density at radius 1 is 0.840 bits per heavy atom. The predicted octanol–water partition coefficient (Wildman–Crippen LogP) is 4.79. The van der Waals surface area contributed by atoms with E-state index in [9.17, 15) is 4.79 Å². The van der Waals surface area contributed by atoms with Crippen LogP contribution in [-0.4, -0.2) is 19.5 Å². The molecule has 2 nitrogen and oxygen atoms in total. The van der Waals surface area contributed by atoms with E-state index in [0.29, 0.717) is 12.2 Å². The highest BCUT2D eigenvalue weighted by molar-refractivity contribution is 6.11. The molecule has 2 heteroatoms. The van der Waals surface area contributed by atoms with E-state index in [1.54, 1.807) is 7.11 Å². The minimum atomic E-state index is -0.794. The fourth-order valence-electron chi connectivity index (χ4n) is 3.96. The van der Waals surface area contributed by atoms with Gasteiger partial charge in [0, 0.05) is 12.7 Å². The largest absolute Gasteiger partial charge is 0.383 e. The molecule has 25 heavy (non-hydrogen) atoms. The van der Waals surface area contributed by atoms with Gasteiger partial charge in [-0.2, -0.15) is 0 Å².